The summed E-state index contributed by atoms with van der Waals surface area (Å²) in [7, 11) is -0.859. The lowest BCUT2D eigenvalue weighted by molar-refractivity contribution is -0.124. The van der Waals surface area contributed by atoms with Gasteiger partial charge in [0.1, 0.15) is 16.3 Å². The summed E-state index contributed by atoms with van der Waals surface area (Å²) in [4.78, 5) is 14.8. The molecule has 0 bridgehead atoms. The maximum atomic E-state index is 13.3. The molecule has 1 saturated heterocycles. The van der Waals surface area contributed by atoms with Gasteiger partial charge in [-0.15, -0.1) is 5.10 Å². The van der Waals surface area contributed by atoms with Crippen molar-refractivity contribution in [2.24, 2.45) is 12.5 Å². The Kier molecular flexibility index (Phi) is 4.32. The number of carbonyl (C=O) groups is 1. The average molecular weight is 399 g/mol. The number of rotatable bonds is 3. The predicted molar refractivity (Wildman–Crippen MR) is 96.6 cm³/mol. The number of tetrazole rings is 1. The van der Waals surface area contributed by atoms with Gasteiger partial charge in [0.2, 0.25) is 0 Å². The predicted octanol–water partition coefficient (Wildman–Crippen LogP) is 0.553. The van der Waals surface area contributed by atoms with Crippen LogP contribution < -0.4 is 0 Å². The fourth-order valence-electron chi connectivity index (χ4n) is 3.35. The molecule has 0 aromatic carbocycles. The van der Waals surface area contributed by atoms with Gasteiger partial charge in [0.25, 0.3) is 0 Å². The van der Waals surface area contributed by atoms with Crippen LogP contribution in [0.2, 0.25) is 0 Å². The zero-order valence-corrected chi connectivity index (χ0v) is 17.1. The Morgan fingerprint density at radius 1 is 1.31 bits per heavy atom. The molecule has 0 aliphatic carbocycles. The molecule has 0 amide bonds. The monoisotopic (exact) mass is 399 g/mol. The molecule has 1 aromatic heterocycles. The van der Waals surface area contributed by atoms with Crippen molar-refractivity contribution in [3.05, 3.63) is 17.1 Å². The van der Waals surface area contributed by atoms with E-state index in [0.717, 1.165) is 0 Å². The van der Waals surface area contributed by atoms with Crippen molar-refractivity contribution in [2.45, 2.75) is 44.4 Å². The third-order valence-electron chi connectivity index (χ3n) is 4.70. The average Bonchev–Trinajstić information content (AvgIpc) is 2.92. The molecule has 3 heterocycles. The molecule has 0 N–H and O–H groups in total. The number of hydrogen-bond acceptors (Lipinski definition) is 8. The van der Waals surface area contributed by atoms with Crippen molar-refractivity contribution in [3.63, 3.8) is 0 Å². The number of hydrogen-bond donors (Lipinski definition) is 0. The molecule has 3 rings (SSSR count). The Hall–Kier alpha value is -1.72. The minimum Gasteiger partial charge on any atom is -0.371 e. The van der Waals surface area contributed by atoms with Gasteiger partial charge < -0.3 is 9.64 Å². The van der Waals surface area contributed by atoms with Gasteiger partial charge in [-0.1, -0.05) is 33.0 Å². The Morgan fingerprint density at radius 2 is 1.92 bits per heavy atom. The summed E-state index contributed by atoms with van der Waals surface area (Å²) in [6.07, 6.45) is -0.783. The molecular weight excluding hydrogens is 378 g/mol. The second-order valence-electron chi connectivity index (χ2n) is 7.50. The number of carbonyl (C=O) groups excluding carboxylic acids is 1. The Bertz CT molecular complexity index is 928. The highest BCUT2D eigenvalue weighted by molar-refractivity contribution is 7.93. The second kappa shape index (κ2) is 5.89. The van der Waals surface area contributed by atoms with Crippen LogP contribution in [0, 0.1) is 5.41 Å². The van der Waals surface area contributed by atoms with Gasteiger partial charge in [0.15, 0.2) is 26.8 Å². The van der Waals surface area contributed by atoms with E-state index < -0.39 is 32.0 Å². The lowest BCUT2D eigenvalue weighted by Gasteiger charge is -2.53. The molecule has 1 unspecified atom stereocenters. The molecular formula is C15H21N5O4S2. The number of aromatic nitrogens is 4. The van der Waals surface area contributed by atoms with Gasteiger partial charge in [-0.3, -0.25) is 4.79 Å². The first-order chi connectivity index (χ1) is 11.9. The highest BCUT2D eigenvalue weighted by atomic mass is 32.2. The summed E-state index contributed by atoms with van der Waals surface area (Å²) >= 11 is 5.35. The van der Waals surface area contributed by atoms with E-state index in [1.165, 1.54) is 16.7 Å². The molecule has 0 radical (unpaired) electrons. The topological polar surface area (TPSA) is 107 Å². The van der Waals surface area contributed by atoms with Gasteiger partial charge in [-0.25, -0.2) is 13.1 Å². The summed E-state index contributed by atoms with van der Waals surface area (Å²) in [5.74, 6) is -0.0269. The molecule has 9 nitrogen and oxygen atoms in total. The number of sulfone groups is 1. The number of methoxy groups -OCH3 is 1. The number of aryl methyl sites for hydroxylation is 1. The first-order valence-electron chi connectivity index (χ1n) is 8.01. The van der Waals surface area contributed by atoms with Crippen LogP contribution >= 0.6 is 12.2 Å². The van der Waals surface area contributed by atoms with Gasteiger partial charge >= 0.3 is 0 Å². The standard InChI is InChI=1S/C15H21N5O4S2/c1-7-8(11(21)15(2,3)4)20-13(25)9(24-6)14(20)26(22,23)10(7)12-16-17-18-19(12)5/h9-10,14H,1-6H3/t9-,10?,14+/m0/s1. The summed E-state index contributed by atoms with van der Waals surface area (Å²) in [5, 5.41) is 8.97. The number of Topliss-reactive ketones (excluding diaryl/α,β-unsaturated/α-hetero) is 1. The van der Waals surface area contributed by atoms with Crippen LogP contribution in [0.4, 0.5) is 0 Å². The zero-order valence-electron chi connectivity index (χ0n) is 15.4. The first-order valence-corrected chi connectivity index (χ1v) is 10.0. The van der Waals surface area contributed by atoms with Crippen LogP contribution in [0.25, 0.3) is 0 Å². The summed E-state index contributed by atoms with van der Waals surface area (Å²) < 4.78 is 33.3. The molecule has 0 spiro atoms. The molecule has 1 fully saturated rings. The van der Waals surface area contributed by atoms with Gasteiger partial charge in [-0.05, 0) is 22.9 Å². The Labute approximate surface area is 157 Å². The van der Waals surface area contributed by atoms with Crippen molar-refractivity contribution in [3.8, 4) is 0 Å². The van der Waals surface area contributed by atoms with E-state index in [2.05, 4.69) is 15.5 Å². The molecule has 26 heavy (non-hydrogen) atoms. The number of ether oxygens (including phenoxy) is 1. The first kappa shape index (κ1) is 19.1. The maximum Gasteiger partial charge on any atom is 0.188 e. The molecule has 1 aromatic rings. The zero-order chi connectivity index (χ0) is 19.6. The largest absolute Gasteiger partial charge is 0.371 e. The maximum absolute atomic E-state index is 13.3. The van der Waals surface area contributed by atoms with Crippen LogP contribution in [0.3, 0.4) is 0 Å². The molecule has 0 saturated carbocycles. The molecule has 11 heteroatoms. The quantitative estimate of drug-likeness (QED) is 0.673. The fourth-order valence-corrected chi connectivity index (χ4v) is 6.41. The molecule has 3 atom stereocenters. The van der Waals surface area contributed by atoms with Crippen molar-refractivity contribution in [1.29, 1.82) is 0 Å². The number of allylic oxidation sites excluding steroid dienone is 1. The van der Waals surface area contributed by atoms with Crippen LogP contribution in [0.15, 0.2) is 11.3 Å². The van der Waals surface area contributed by atoms with E-state index in [-0.39, 0.29) is 11.6 Å². The minimum absolute atomic E-state index is 0.161. The summed E-state index contributed by atoms with van der Waals surface area (Å²) in [6, 6.07) is 0. The number of thiocarbonyl (C=S) groups is 1. The third-order valence-corrected chi connectivity index (χ3v) is 7.49. The normalized spacial score (nSPS) is 28.0. The van der Waals surface area contributed by atoms with Crippen molar-refractivity contribution >= 4 is 32.8 Å². The number of nitrogens with zero attached hydrogens (tertiary/aromatic N) is 5. The highest BCUT2D eigenvalue weighted by Gasteiger charge is 2.62. The van der Waals surface area contributed by atoms with Gasteiger partial charge in [0, 0.05) is 19.6 Å². The van der Waals surface area contributed by atoms with Gasteiger partial charge in [-0.2, -0.15) is 0 Å². The number of fused-ring (bicyclic) bond motifs is 1. The van der Waals surface area contributed by atoms with E-state index in [9.17, 15) is 13.2 Å². The van der Waals surface area contributed by atoms with E-state index in [1.807, 2.05) is 0 Å². The Morgan fingerprint density at radius 3 is 2.38 bits per heavy atom. The van der Waals surface area contributed by atoms with Crippen LogP contribution in [-0.4, -0.2) is 62.9 Å². The van der Waals surface area contributed by atoms with E-state index in [4.69, 9.17) is 17.0 Å². The Balaban J connectivity index is 2.29. The van der Waals surface area contributed by atoms with Crippen LogP contribution in [-0.2, 0) is 26.4 Å². The van der Waals surface area contributed by atoms with E-state index in [0.29, 0.717) is 16.3 Å². The molecule has 142 valence electrons. The van der Waals surface area contributed by atoms with Crippen LogP contribution in [0.1, 0.15) is 38.8 Å². The summed E-state index contributed by atoms with van der Waals surface area (Å²) in [5.41, 5.74) is -0.0433. The smallest absolute Gasteiger partial charge is 0.188 e. The molecule has 2 aliphatic heterocycles. The van der Waals surface area contributed by atoms with Crippen molar-refractivity contribution in [1.82, 2.24) is 25.1 Å². The third kappa shape index (κ3) is 2.44. The minimum atomic E-state index is -3.83. The number of ketones is 1. The highest BCUT2D eigenvalue weighted by Crippen LogP contribution is 2.48. The molecule has 2 aliphatic rings. The van der Waals surface area contributed by atoms with Crippen LogP contribution in [0.5, 0.6) is 0 Å². The van der Waals surface area contributed by atoms with E-state index >= 15 is 0 Å². The fraction of sp³-hybridized carbons (Fsp3) is 0.667. The SMILES string of the molecule is CO[C@H]1C(=S)N2C(C(=O)C(C)(C)C)=C(C)C(c3nnnn3C)S(=O)(=O)[C@H]12. The second-order valence-corrected chi connectivity index (χ2v) is 10.0. The van der Waals surface area contributed by atoms with Gasteiger partial charge in [0.05, 0.1) is 5.70 Å². The van der Waals surface area contributed by atoms with Crippen molar-refractivity contribution in [2.75, 3.05) is 7.11 Å². The summed E-state index contributed by atoms with van der Waals surface area (Å²) in [6.45, 7) is 6.96. The lowest BCUT2D eigenvalue weighted by atomic mass is 9.85. The van der Waals surface area contributed by atoms with Crippen molar-refractivity contribution < 1.29 is 17.9 Å². The van der Waals surface area contributed by atoms with E-state index in [1.54, 1.807) is 34.7 Å². The lowest BCUT2D eigenvalue weighted by Crippen LogP contribution is -2.70.